The quantitative estimate of drug-likeness (QED) is 0.542. The number of hydrogen-bond acceptors (Lipinski definition) is 5. The summed E-state index contributed by atoms with van der Waals surface area (Å²) in [6, 6.07) is 9.48. The van der Waals surface area contributed by atoms with Crippen LogP contribution in [0.3, 0.4) is 0 Å². The highest BCUT2D eigenvalue weighted by Gasteiger charge is 2.31. The Balaban J connectivity index is 1.58. The lowest BCUT2D eigenvalue weighted by atomic mass is 10.1. The SMILES string of the molecule is Cc1ccc([N+](=O)[O-])c(OCC(=O)N2CCN(c3cccc(C(F)(F)F)c3)CC2)c1. The molecule has 10 heteroatoms. The van der Waals surface area contributed by atoms with Gasteiger partial charge in [-0.1, -0.05) is 12.1 Å². The van der Waals surface area contributed by atoms with Crippen molar-refractivity contribution < 1.29 is 27.6 Å². The Morgan fingerprint density at radius 1 is 1.13 bits per heavy atom. The number of amides is 1. The average molecular weight is 423 g/mol. The summed E-state index contributed by atoms with van der Waals surface area (Å²) in [5.41, 5.74) is 0.274. The van der Waals surface area contributed by atoms with Crippen LogP contribution in [0.5, 0.6) is 5.75 Å². The molecule has 7 nitrogen and oxygen atoms in total. The lowest BCUT2D eigenvalue weighted by Gasteiger charge is -2.36. The zero-order valence-electron chi connectivity index (χ0n) is 16.2. The molecule has 160 valence electrons. The molecule has 1 heterocycles. The highest BCUT2D eigenvalue weighted by molar-refractivity contribution is 5.78. The first-order valence-corrected chi connectivity index (χ1v) is 9.23. The molecular formula is C20H20F3N3O4. The minimum absolute atomic E-state index is 0.0240. The molecule has 0 radical (unpaired) electrons. The molecule has 0 spiro atoms. The summed E-state index contributed by atoms with van der Waals surface area (Å²) in [6.45, 7) is 2.78. The van der Waals surface area contributed by atoms with Crippen molar-refractivity contribution in [2.24, 2.45) is 0 Å². The van der Waals surface area contributed by atoms with Gasteiger partial charge in [-0.05, 0) is 36.8 Å². The molecule has 0 aromatic heterocycles. The van der Waals surface area contributed by atoms with Crippen LogP contribution in [0.1, 0.15) is 11.1 Å². The average Bonchev–Trinajstić information content (AvgIpc) is 2.71. The Morgan fingerprint density at radius 2 is 1.83 bits per heavy atom. The molecule has 0 aliphatic carbocycles. The standard InChI is InChI=1S/C20H20F3N3O4/c1-14-5-6-17(26(28)29)18(11-14)30-13-19(27)25-9-7-24(8-10-25)16-4-2-3-15(12-16)20(21,22)23/h2-6,11-12H,7-10,13H2,1H3. The van der Waals surface area contributed by atoms with Gasteiger partial charge in [-0.2, -0.15) is 13.2 Å². The van der Waals surface area contributed by atoms with Gasteiger partial charge < -0.3 is 14.5 Å². The third kappa shape index (κ3) is 5.00. The first-order chi connectivity index (χ1) is 14.1. The van der Waals surface area contributed by atoms with Crippen molar-refractivity contribution >= 4 is 17.3 Å². The Morgan fingerprint density at radius 3 is 2.47 bits per heavy atom. The first-order valence-electron chi connectivity index (χ1n) is 9.23. The van der Waals surface area contributed by atoms with E-state index in [0.717, 1.165) is 17.7 Å². The van der Waals surface area contributed by atoms with Gasteiger partial charge in [0, 0.05) is 37.9 Å². The number of nitro groups is 1. The number of carbonyl (C=O) groups excluding carboxylic acids is 1. The van der Waals surface area contributed by atoms with Gasteiger partial charge in [-0.15, -0.1) is 0 Å². The van der Waals surface area contributed by atoms with Gasteiger partial charge in [-0.3, -0.25) is 14.9 Å². The van der Waals surface area contributed by atoms with Crippen molar-refractivity contribution in [3.05, 3.63) is 63.7 Å². The minimum atomic E-state index is -4.41. The highest BCUT2D eigenvalue weighted by atomic mass is 19.4. The largest absolute Gasteiger partial charge is 0.477 e. The van der Waals surface area contributed by atoms with Crippen molar-refractivity contribution in [2.75, 3.05) is 37.7 Å². The van der Waals surface area contributed by atoms with E-state index in [1.54, 1.807) is 24.0 Å². The molecule has 0 atom stereocenters. The van der Waals surface area contributed by atoms with E-state index in [2.05, 4.69) is 0 Å². The molecule has 1 aliphatic heterocycles. The molecule has 30 heavy (non-hydrogen) atoms. The van der Waals surface area contributed by atoms with E-state index in [1.807, 2.05) is 0 Å². The van der Waals surface area contributed by atoms with Gasteiger partial charge in [0.1, 0.15) is 0 Å². The van der Waals surface area contributed by atoms with Crippen molar-refractivity contribution in [3.8, 4) is 5.75 Å². The first kappa shape index (κ1) is 21.4. The van der Waals surface area contributed by atoms with E-state index in [-0.39, 0.29) is 24.0 Å². The zero-order valence-corrected chi connectivity index (χ0v) is 16.2. The number of ether oxygens (including phenoxy) is 1. The fourth-order valence-electron chi connectivity index (χ4n) is 3.21. The second-order valence-corrected chi connectivity index (χ2v) is 6.93. The predicted molar refractivity (Wildman–Crippen MR) is 104 cm³/mol. The lowest BCUT2D eigenvalue weighted by molar-refractivity contribution is -0.385. The highest BCUT2D eigenvalue weighted by Crippen LogP contribution is 2.32. The van der Waals surface area contributed by atoms with Gasteiger partial charge >= 0.3 is 11.9 Å². The van der Waals surface area contributed by atoms with Gasteiger partial charge in [0.15, 0.2) is 12.4 Å². The number of carbonyl (C=O) groups is 1. The fraction of sp³-hybridized carbons (Fsp3) is 0.350. The van der Waals surface area contributed by atoms with Crippen LogP contribution in [0.25, 0.3) is 0 Å². The molecule has 0 unspecified atom stereocenters. The number of anilines is 1. The Hall–Kier alpha value is -3.30. The van der Waals surface area contributed by atoms with E-state index < -0.39 is 16.7 Å². The third-order valence-corrected chi connectivity index (χ3v) is 4.83. The number of hydrogen-bond donors (Lipinski definition) is 0. The number of aryl methyl sites for hydroxylation is 1. The summed E-state index contributed by atoms with van der Waals surface area (Å²) < 4.78 is 44.1. The summed E-state index contributed by atoms with van der Waals surface area (Å²) in [4.78, 5) is 26.3. The number of benzene rings is 2. The number of halogens is 3. The maximum Gasteiger partial charge on any atom is 0.416 e. The number of piperazine rings is 1. The normalized spacial score (nSPS) is 14.5. The third-order valence-electron chi connectivity index (χ3n) is 4.83. The van der Waals surface area contributed by atoms with Crippen LogP contribution in [0.4, 0.5) is 24.5 Å². The summed E-state index contributed by atoms with van der Waals surface area (Å²) in [6.07, 6.45) is -4.41. The van der Waals surface area contributed by atoms with E-state index >= 15 is 0 Å². The van der Waals surface area contributed by atoms with Gasteiger partial charge in [0.05, 0.1) is 10.5 Å². The van der Waals surface area contributed by atoms with Crippen molar-refractivity contribution in [1.82, 2.24) is 4.90 Å². The van der Waals surface area contributed by atoms with E-state index in [4.69, 9.17) is 4.74 Å². The second-order valence-electron chi connectivity index (χ2n) is 6.93. The maximum absolute atomic E-state index is 12.9. The van der Waals surface area contributed by atoms with Crippen LogP contribution in [0.15, 0.2) is 42.5 Å². The maximum atomic E-state index is 12.9. The van der Waals surface area contributed by atoms with E-state index in [0.29, 0.717) is 31.9 Å². The molecule has 2 aromatic carbocycles. The number of alkyl halides is 3. The smallest absolute Gasteiger partial charge is 0.416 e. The van der Waals surface area contributed by atoms with Crippen LogP contribution >= 0.6 is 0 Å². The predicted octanol–water partition coefficient (Wildman–Crippen LogP) is 3.65. The van der Waals surface area contributed by atoms with E-state index in [9.17, 15) is 28.1 Å². The Labute approximate surface area is 170 Å². The summed E-state index contributed by atoms with van der Waals surface area (Å²) in [5.74, 6) is -0.314. The fourth-order valence-corrected chi connectivity index (χ4v) is 3.21. The lowest BCUT2D eigenvalue weighted by Crippen LogP contribution is -2.50. The topological polar surface area (TPSA) is 75.9 Å². The zero-order chi connectivity index (χ0) is 21.9. The molecule has 3 rings (SSSR count). The van der Waals surface area contributed by atoms with Crippen molar-refractivity contribution in [1.29, 1.82) is 0 Å². The number of nitro benzene ring substituents is 1. The number of rotatable bonds is 5. The van der Waals surface area contributed by atoms with Crippen molar-refractivity contribution in [3.63, 3.8) is 0 Å². The van der Waals surface area contributed by atoms with Crippen LogP contribution in [0, 0.1) is 17.0 Å². The van der Waals surface area contributed by atoms with Crippen LogP contribution in [-0.4, -0.2) is 48.5 Å². The monoisotopic (exact) mass is 423 g/mol. The molecule has 1 saturated heterocycles. The molecule has 0 saturated carbocycles. The van der Waals surface area contributed by atoms with Gasteiger partial charge in [0.25, 0.3) is 5.91 Å². The van der Waals surface area contributed by atoms with Crippen LogP contribution in [0.2, 0.25) is 0 Å². The second kappa shape index (κ2) is 8.60. The summed E-state index contributed by atoms with van der Waals surface area (Å²) in [7, 11) is 0. The number of nitrogens with zero attached hydrogens (tertiary/aromatic N) is 3. The Kier molecular flexibility index (Phi) is 6.14. The van der Waals surface area contributed by atoms with Crippen molar-refractivity contribution in [2.45, 2.75) is 13.1 Å². The molecule has 0 N–H and O–H groups in total. The van der Waals surface area contributed by atoms with Gasteiger partial charge in [0.2, 0.25) is 0 Å². The minimum Gasteiger partial charge on any atom is -0.477 e. The van der Waals surface area contributed by atoms with Crippen LogP contribution in [-0.2, 0) is 11.0 Å². The summed E-state index contributed by atoms with van der Waals surface area (Å²) >= 11 is 0. The molecule has 1 fully saturated rings. The molecule has 1 amide bonds. The molecule has 1 aliphatic rings. The Bertz CT molecular complexity index is 941. The van der Waals surface area contributed by atoms with Gasteiger partial charge in [-0.25, -0.2) is 0 Å². The molecular weight excluding hydrogens is 403 g/mol. The molecule has 2 aromatic rings. The summed E-state index contributed by atoms with van der Waals surface area (Å²) in [5, 5.41) is 11.1. The van der Waals surface area contributed by atoms with Crippen LogP contribution < -0.4 is 9.64 Å². The molecule has 0 bridgehead atoms. The van der Waals surface area contributed by atoms with E-state index in [1.165, 1.54) is 23.1 Å².